The van der Waals surface area contributed by atoms with Gasteiger partial charge in [0, 0.05) is 18.0 Å². The summed E-state index contributed by atoms with van der Waals surface area (Å²) in [4.78, 5) is 22.2. The number of nitrogens with zero attached hydrogens (tertiary/aromatic N) is 4. The van der Waals surface area contributed by atoms with Crippen molar-refractivity contribution in [3.63, 3.8) is 0 Å². The minimum atomic E-state index is -0.641. The third-order valence-electron chi connectivity index (χ3n) is 4.48. The van der Waals surface area contributed by atoms with Crippen LogP contribution in [0.5, 0.6) is 11.5 Å². The molecule has 2 aliphatic rings. The first-order valence-corrected chi connectivity index (χ1v) is 8.26. The van der Waals surface area contributed by atoms with Gasteiger partial charge in [0.25, 0.3) is 5.91 Å². The van der Waals surface area contributed by atoms with Crippen molar-refractivity contribution >= 4 is 17.6 Å². The fraction of sp³-hybridized carbons (Fsp3) is 0.353. The van der Waals surface area contributed by atoms with Crippen LogP contribution in [0.15, 0.2) is 35.8 Å². The third-order valence-corrected chi connectivity index (χ3v) is 4.48. The van der Waals surface area contributed by atoms with Crippen LogP contribution in [0.25, 0.3) is 0 Å². The van der Waals surface area contributed by atoms with Gasteiger partial charge in [0.1, 0.15) is 12.6 Å². The first-order valence-electron chi connectivity index (χ1n) is 8.26. The average Bonchev–Trinajstić information content (AvgIpc) is 3.26. The molecule has 1 saturated heterocycles. The molecular weight excluding hydrogens is 338 g/mol. The highest BCUT2D eigenvalue weighted by Crippen LogP contribution is 2.41. The van der Waals surface area contributed by atoms with Crippen LogP contribution in [-0.4, -0.2) is 57.8 Å². The molecule has 1 fully saturated rings. The molecule has 26 heavy (non-hydrogen) atoms. The van der Waals surface area contributed by atoms with Crippen molar-refractivity contribution < 1.29 is 19.4 Å². The Labute approximate surface area is 149 Å². The van der Waals surface area contributed by atoms with Gasteiger partial charge in [-0.15, -0.1) is 0 Å². The number of carbonyl (C=O) groups is 1. The Kier molecular flexibility index (Phi) is 4.21. The Morgan fingerprint density at radius 1 is 1.42 bits per heavy atom. The van der Waals surface area contributed by atoms with Gasteiger partial charge in [-0.1, -0.05) is 0 Å². The van der Waals surface area contributed by atoms with Crippen LogP contribution in [0.2, 0.25) is 0 Å². The van der Waals surface area contributed by atoms with E-state index >= 15 is 0 Å². The second-order valence-electron chi connectivity index (χ2n) is 5.99. The monoisotopic (exact) mass is 357 g/mol. The van der Waals surface area contributed by atoms with Gasteiger partial charge in [0.15, 0.2) is 11.5 Å². The molecule has 1 amide bonds. The predicted molar refractivity (Wildman–Crippen MR) is 92.4 cm³/mol. The molecule has 2 aromatic rings. The lowest BCUT2D eigenvalue weighted by molar-refractivity contribution is -0.122. The lowest BCUT2D eigenvalue weighted by atomic mass is 10.1. The Morgan fingerprint density at radius 3 is 3.04 bits per heavy atom. The number of methoxy groups -OCH3 is 1. The largest absolute Gasteiger partial charge is 0.492 e. The molecule has 1 aromatic heterocycles. The minimum absolute atomic E-state index is 0.255. The SMILES string of the molecule is COc1c(OCCn2ccnc2)ccc2c1CN1C(=N2)NC(=O)C1CO. The summed E-state index contributed by atoms with van der Waals surface area (Å²) in [5.41, 5.74) is 1.54. The Morgan fingerprint density at radius 2 is 2.31 bits per heavy atom. The van der Waals surface area contributed by atoms with E-state index in [4.69, 9.17) is 9.47 Å². The molecule has 0 aliphatic carbocycles. The maximum atomic E-state index is 11.9. The number of carbonyl (C=O) groups excluding carboxylic acids is 1. The quantitative estimate of drug-likeness (QED) is 0.769. The number of aliphatic hydroxyl groups excluding tert-OH is 1. The van der Waals surface area contributed by atoms with Gasteiger partial charge in [0.05, 0.1) is 38.8 Å². The topological polar surface area (TPSA) is 101 Å². The van der Waals surface area contributed by atoms with Gasteiger partial charge in [-0.2, -0.15) is 0 Å². The fourth-order valence-corrected chi connectivity index (χ4v) is 3.17. The number of aliphatic hydroxyl groups is 1. The van der Waals surface area contributed by atoms with E-state index in [0.717, 1.165) is 5.56 Å². The number of hydrogen-bond donors (Lipinski definition) is 2. The average molecular weight is 357 g/mol. The Hall–Kier alpha value is -3.07. The molecule has 0 saturated carbocycles. The lowest BCUT2D eigenvalue weighted by Gasteiger charge is -2.28. The van der Waals surface area contributed by atoms with E-state index in [1.54, 1.807) is 24.5 Å². The molecule has 0 bridgehead atoms. The van der Waals surface area contributed by atoms with E-state index in [2.05, 4.69) is 15.3 Å². The lowest BCUT2D eigenvalue weighted by Crippen LogP contribution is -2.39. The first-order chi connectivity index (χ1) is 12.7. The van der Waals surface area contributed by atoms with Crippen molar-refractivity contribution in [1.82, 2.24) is 19.8 Å². The highest BCUT2D eigenvalue weighted by molar-refractivity contribution is 6.08. The first kappa shape index (κ1) is 16.4. The number of guanidine groups is 1. The third kappa shape index (κ3) is 2.76. The van der Waals surface area contributed by atoms with Crippen molar-refractivity contribution in [3.8, 4) is 11.5 Å². The molecular formula is C17H19N5O4. The summed E-state index contributed by atoms with van der Waals surface area (Å²) < 4.78 is 13.4. The summed E-state index contributed by atoms with van der Waals surface area (Å²) in [6.07, 6.45) is 5.32. The summed E-state index contributed by atoms with van der Waals surface area (Å²) >= 11 is 0. The smallest absolute Gasteiger partial charge is 0.251 e. The number of aromatic nitrogens is 2. The maximum absolute atomic E-state index is 11.9. The fourth-order valence-electron chi connectivity index (χ4n) is 3.17. The Balaban J connectivity index is 1.57. The summed E-state index contributed by atoms with van der Waals surface area (Å²) in [6.45, 7) is 1.26. The predicted octanol–water partition coefficient (Wildman–Crippen LogP) is 0.264. The normalized spacial score (nSPS) is 18.1. The molecule has 2 N–H and O–H groups in total. The molecule has 9 heteroatoms. The molecule has 0 radical (unpaired) electrons. The van der Waals surface area contributed by atoms with Gasteiger partial charge in [-0.05, 0) is 12.1 Å². The maximum Gasteiger partial charge on any atom is 0.251 e. The summed E-state index contributed by atoms with van der Waals surface area (Å²) in [5, 5.41) is 12.2. The number of ether oxygens (including phenoxy) is 2. The van der Waals surface area contributed by atoms with Gasteiger partial charge in [-0.25, -0.2) is 9.98 Å². The van der Waals surface area contributed by atoms with Crippen LogP contribution >= 0.6 is 0 Å². The highest BCUT2D eigenvalue weighted by Gasteiger charge is 2.39. The van der Waals surface area contributed by atoms with E-state index in [0.29, 0.717) is 42.8 Å². The van der Waals surface area contributed by atoms with Crippen molar-refractivity contribution in [1.29, 1.82) is 0 Å². The summed E-state index contributed by atoms with van der Waals surface area (Å²) in [5.74, 6) is 1.41. The molecule has 1 unspecified atom stereocenters. The molecule has 1 atom stereocenters. The minimum Gasteiger partial charge on any atom is -0.492 e. The molecule has 4 rings (SSSR count). The van der Waals surface area contributed by atoms with Crippen LogP contribution in [-0.2, 0) is 17.9 Å². The van der Waals surface area contributed by atoms with Crippen LogP contribution < -0.4 is 14.8 Å². The van der Waals surface area contributed by atoms with Crippen molar-refractivity contribution in [2.75, 3.05) is 20.3 Å². The number of fused-ring (bicyclic) bond motifs is 2. The van der Waals surface area contributed by atoms with Gasteiger partial charge in [-0.3, -0.25) is 10.1 Å². The zero-order valence-corrected chi connectivity index (χ0v) is 14.3. The van der Waals surface area contributed by atoms with Crippen molar-refractivity contribution in [2.45, 2.75) is 19.1 Å². The molecule has 3 heterocycles. The van der Waals surface area contributed by atoms with E-state index < -0.39 is 6.04 Å². The zero-order valence-electron chi connectivity index (χ0n) is 14.3. The number of nitrogens with one attached hydrogen (secondary N) is 1. The molecule has 1 aromatic carbocycles. The standard InChI is InChI=1S/C17H19N5O4/c1-25-15-11-8-22-13(9-23)16(24)20-17(22)19-12(11)2-3-14(15)26-7-6-21-5-4-18-10-21/h2-5,10,13,23H,6-9H2,1H3,(H,19,20,24). The van der Waals surface area contributed by atoms with Gasteiger partial charge >= 0.3 is 0 Å². The second-order valence-corrected chi connectivity index (χ2v) is 5.99. The van der Waals surface area contributed by atoms with Crippen LogP contribution in [0.4, 0.5) is 5.69 Å². The highest BCUT2D eigenvalue weighted by atomic mass is 16.5. The van der Waals surface area contributed by atoms with E-state index in [1.807, 2.05) is 22.9 Å². The Bertz CT molecular complexity index is 849. The molecule has 136 valence electrons. The zero-order chi connectivity index (χ0) is 18.1. The second kappa shape index (κ2) is 6.68. The van der Waals surface area contributed by atoms with Crippen LogP contribution in [0, 0.1) is 0 Å². The van der Waals surface area contributed by atoms with Crippen LogP contribution in [0.3, 0.4) is 0 Å². The van der Waals surface area contributed by atoms with E-state index in [1.165, 1.54) is 0 Å². The van der Waals surface area contributed by atoms with Crippen LogP contribution in [0.1, 0.15) is 5.56 Å². The molecule has 2 aliphatic heterocycles. The van der Waals surface area contributed by atoms with E-state index in [9.17, 15) is 9.90 Å². The number of benzene rings is 1. The van der Waals surface area contributed by atoms with Gasteiger partial charge < -0.3 is 24.0 Å². The van der Waals surface area contributed by atoms with E-state index in [-0.39, 0.29) is 12.5 Å². The number of imidazole rings is 1. The number of rotatable bonds is 6. The molecule has 9 nitrogen and oxygen atoms in total. The van der Waals surface area contributed by atoms with Crippen molar-refractivity contribution in [2.24, 2.45) is 4.99 Å². The van der Waals surface area contributed by atoms with Crippen molar-refractivity contribution in [3.05, 3.63) is 36.4 Å². The molecule has 0 spiro atoms. The van der Waals surface area contributed by atoms with Gasteiger partial charge in [0.2, 0.25) is 5.96 Å². The number of aliphatic imine (C=N–C) groups is 1. The summed E-state index contributed by atoms with van der Waals surface area (Å²) in [6, 6.07) is 3.01. The number of amides is 1. The number of hydrogen-bond acceptors (Lipinski definition) is 7. The summed E-state index contributed by atoms with van der Waals surface area (Å²) in [7, 11) is 1.58.